The lowest BCUT2D eigenvalue weighted by atomic mass is 9.99. The highest BCUT2D eigenvalue weighted by Crippen LogP contribution is 2.28. The van der Waals surface area contributed by atoms with Crippen LogP contribution in [0.4, 0.5) is 0 Å². The van der Waals surface area contributed by atoms with E-state index in [0.717, 1.165) is 47.6 Å². The second-order valence-electron chi connectivity index (χ2n) is 11.0. The topological polar surface area (TPSA) is 90.2 Å². The van der Waals surface area contributed by atoms with E-state index in [2.05, 4.69) is 33.4 Å². The third-order valence-corrected chi connectivity index (χ3v) is 7.07. The van der Waals surface area contributed by atoms with Gasteiger partial charge >= 0.3 is 5.97 Å². The second kappa shape index (κ2) is 11.6. The number of hydrogen-bond acceptors (Lipinski definition) is 6. The van der Waals surface area contributed by atoms with Crippen molar-refractivity contribution in [3.05, 3.63) is 51.9 Å². The molecule has 0 saturated carbocycles. The van der Waals surface area contributed by atoms with Gasteiger partial charge in [0.1, 0.15) is 11.9 Å². The molecule has 0 spiro atoms. The summed E-state index contributed by atoms with van der Waals surface area (Å²) < 4.78 is 9.39. The molecule has 2 atom stereocenters. The highest BCUT2D eigenvalue weighted by atomic mass is 16.5. The van der Waals surface area contributed by atoms with Gasteiger partial charge in [0.2, 0.25) is 0 Å². The van der Waals surface area contributed by atoms with Crippen LogP contribution in [-0.2, 0) is 29.7 Å². The van der Waals surface area contributed by atoms with Crippen LogP contribution in [0.1, 0.15) is 51.7 Å². The summed E-state index contributed by atoms with van der Waals surface area (Å²) in [4.78, 5) is 30.0. The van der Waals surface area contributed by atoms with E-state index < -0.39 is 0 Å². The zero-order chi connectivity index (χ0) is 26.7. The molecule has 37 heavy (non-hydrogen) atoms. The van der Waals surface area contributed by atoms with E-state index in [4.69, 9.17) is 9.72 Å². The molecule has 2 N–H and O–H groups in total. The number of pyridine rings is 1. The van der Waals surface area contributed by atoms with Gasteiger partial charge in [0.05, 0.1) is 17.1 Å². The number of carbonyl (C=O) groups excluding carboxylic acids is 1. The van der Waals surface area contributed by atoms with Crippen molar-refractivity contribution in [1.82, 2.24) is 24.8 Å². The molecule has 0 bridgehead atoms. The van der Waals surface area contributed by atoms with Gasteiger partial charge < -0.3 is 24.5 Å². The summed E-state index contributed by atoms with van der Waals surface area (Å²) in [6.45, 7) is 13.1. The minimum absolute atomic E-state index is 0.00644. The summed E-state index contributed by atoms with van der Waals surface area (Å²) in [6.07, 6.45) is 4.10. The summed E-state index contributed by atoms with van der Waals surface area (Å²) >= 11 is 0. The first-order valence-electron chi connectivity index (χ1n) is 13.5. The lowest BCUT2D eigenvalue weighted by Gasteiger charge is -2.24. The summed E-state index contributed by atoms with van der Waals surface area (Å²) in [7, 11) is 1.79. The van der Waals surface area contributed by atoms with Crippen LogP contribution in [-0.4, -0.2) is 45.3 Å². The first-order valence-corrected chi connectivity index (χ1v) is 13.5. The van der Waals surface area contributed by atoms with Crippen molar-refractivity contribution in [3.8, 4) is 11.4 Å². The van der Waals surface area contributed by atoms with Gasteiger partial charge in [-0.05, 0) is 82.3 Å². The van der Waals surface area contributed by atoms with Crippen molar-refractivity contribution in [2.45, 2.75) is 72.7 Å². The second-order valence-corrected chi connectivity index (χ2v) is 11.0. The summed E-state index contributed by atoms with van der Waals surface area (Å²) in [6, 6.07) is 7.90. The lowest BCUT2D eigenvalue weighted by molar-refractivity contribution is -0.151. The molecule has 8 heteroatoms. The molecular formula is C29H41N5O3. The Kier molecular flexibility index (Phi) is 8.49. The van der Waals surface area contributed by atoms with Crippen LogP contribution in [0.2, 0.25) is 0 Å². The fraction of sp³-hybridized carbons (Fsp3) is 0.552. The van der Waals surface area contributed by atoms with Crippen LogP contribution in [0.15, 0.2) is 35.3 Å². The Morgan fingerprint density at radius 1 is 1.24 bits per heavy atom. The van der Waals surface area contributed by atoms with Gasteiger partial charge in [-0.3, -0.25) is 9.59 Å². The SMILES string of the molecule is Cc1cc(-c2nc3cc(CNC(C(=O)OC(C)C)C(C)C)ccc3n2C[C@@H]2CCCNC2)cn(C)c1=O. The number of piperidine rings is 1. The molecule has 1 fully saturated rings. The van der Waals surface area contributed by atoms with E-state index in [1.54, 1.807) is 11.6 Å². The summed E-state index contributed by atoms with van der Waals surface area (Å²) in [5.74, 6) is 1.30. The number of ether oxygens (including phenoxy) is 1. The number of hydrogen-bond donors (Lipinski definition) is 2. The molecule has 0 radical (unpaired) electrons. The van der Waals surface area contributed by atoms with Crippen LogP contribution < -0.4 is 16.2 Å². The Labute approximate surface area is 219 Å². The van der Waals surface area contributed by atoms with E-state index in [1.165, 1.54) is 12.8 Å². The number of imidazole rings is 1. The van der Waals surface area contributed by atoms with Crippen molar-refractivity contribution in [2.75, 3.05) is 13.1 Å². The van der Waals surface area contributed by atoms with Crippen LogP contribution in [0, 0.1) is 18.8 Å². The van der Waals surface area contributed by atoms with Crippen molar-refractivity contribution >= 4 is 17.0 Å². The van der Waals surface area contributed by atoms with Crippen molar-refractivity contribution < 1.29 is 9.53 Å². The maximum absolute atomic E-state index is 12.6. The average molecular weight is 508 g/mol. The molecule has 3 aromatic rings. The monoisotopic (exact) mass is 507 g/mol. The van der Waals surface area contributed by atoms with Crippen molar-refractivity contribution in [1.29, 1.82) is 0 Å². The van der Waals surface area contributed by atoms with Gasteiger partial charge in [-0.25, -0.2) is 4.98 Å². The number of esters is 1. The quantitative estimate of drug-likeness (QED) is 0.429. The molecule has 1 aliphatic rings. The first kappa shape index (κ1) is 27.1. The molecule has 1 aromatic carbocycles. The highest BCUT2D eigenvalue weighted by molar-refractivity contribution is 5.81. The number of benzene rings is 1. The van der Waals surface area contributed by atoms with E-state index in [9.17, 15) is 9.59 Å². The standard InChI is InChI=1S/C29H41N5O3/c1-18(2)26(29(36)37-19(3)4)31-15-21-9-10-25-24(13-21)32-27(23-12-20(5)28(35)33(6)17-23)34(25)16-22-8-7-11-30-14-22/h9-10,12-13,17-19,22,26,30-31H,7-8,11,14-16H2,1-6H3/t22-,26?/m1/s1. The first-order chi connectivity index (χ1) is 17.6. The molecule has 1 saturated heterocycles. The van der Waals surface area contributed by atoms with E-state index >= 15 is 0 Å². The van der Waals surface area contributed by atoms with Crippen LogP contribution in [0.5, 0.6) is 0 Å². The van der Waals surface area contributed by atoms with Crippen LogP contribution >= 0.6 is 0 Å². The normalized spacial score (nSPS) is 17.0. The molecule has 2 aromatic heterocycles. The number of nitrogens with one attached hydrogen (secondary N) is 2. The van der Waals surface area contributed by atoms with E-state index in [-0.39, 0.29) is 29.6 Å². The van der Waals surface area contributed by atoms with Crippen LogP contribution in [0.25, 0.3) is 22.4 Å². The highest BCUT2D eigenvalue weighted by Gasteiger charge is 2.24. The number of fused-ring (bicyclic) bond motifs is 1. The molecule has 1 unspecified atom stereocenters. The zero-order valence-electron chi connectivity index (χ0n) is 23.0. The average Bonchev–Trinajstić information content (AvgIpc) is 3.19. The van der Waals surface area contributed by atoms with Gasteiger partial charge in [-0.15, -0.1) is 0 Å². The van der Waals surface area contributed by atoms with Gasteiger partial charge in [0.25, 0.3) is 5.56 Å². The third-order valence-electron chi connectivity index (χ3n) is 7.07. The number of carbonyl (C=O) groups is 1. The maximum atomic E-state index is 12.6. The lowest BCUT2D eigenvalue weighted by Crippen LogP contribution is -2.42. The predicted octanol–water partition coefficient (Wildman–Crippen LogP) is 3.78. The van der Waals surface area contributed by atoms with Gasteiger partial charge in [-0.1, -0.05) is 19.9 Å². The Bertz CT molecular complexity index is 1270. The van der Waals surface area contributed by atoms with Gasteiger partial charge in [0.15, 0.2) is 0 Å². The van der Waals surface area contributed by atoms with Crippen LogP contribution in [0.3, 0.4) is 0 Å². The largest absolute Gasteiger partial charge is 0.462 e. The Hall–Kier alpha value is -2.97. The minimum Gasteiger partial charge on any atom is -0.462 e. The number of nitrogens with zero attached hydrogens (tertiary/aromatic N) is 3. The summed E-state index contributed by atoms with van der Waals surface area (Å²) in [5.41, 5.74) is 4.70. The zero-order valence-corrected chi connectivity index (χ0v) is 23.0. The molecular weight excluding hydrogens is 466 g/mol. The minimum atomic E-state index is -0.376. The van der Waals surface area contributed by atoms with Gasteiger partial charge in [0, 0.05) is 37.5 Å². The summed E-state index contributed by atoms with van der Waals surface area (Å²) in [5, 5.41) is 6.91. The Morgan fingerprint density at radius 3 is 2.68 bits per heavy atom. The maximum Gasteiger partial charge on any atom is 0.323 e. The van der Waals surface area contributed by atoms with Crippen molar-refractivity contribution in [2.24, 2.45) is 18.9 Å². The molecule has 3 heterocycles. The molecule has 1 aliphatic heterocycles. The fourth-order valence-corrected chi connectivity index (χ4v) is 5.15. The molecule has 0 amide bonds. The molecule has 8 nitrogen and oxygen atoms in total. The predicted molar refractivity (Wildman–Crippen MR) is 147 cm³/mol. The Balaban J connectivity index is 1.67. The number of aromatic nitrogens is 3. The van der Waals surface area contributed by atoms with Gasteiger partial charge in [-0.2, -0.15) is 0 Å². The Morgan fingerprint density at radius 2 is 2.03 bits per heavy atom. The van der Waals surface area contributed by atoms with E-state index in [0.29, 0.717) is 18.0 Å². The third kappa shape index (κ3) is 6.30. The van der Waals surface area contributed by atoms with Crippen molar-refractivity contribution in [3.63, 3.8) is 0 Å². The molecule has 4 rings (SSSR count). The number of aryl methyl sites for hydroxylation is 2. The number of rotatable bonds is 9. The molecule has 0 aliphatic carbocycles. The smallest absolute Gasteiger partial charge is 0.323 e. The molecule has 200 valence electrons. The van der Waals surface area contributed by atoms with E-state index in [1.807, 2.05) is 46.9 Å². The fourth-order valence-electron chi connectivity index (χ4n) is 5.15.